The molecule has 18 heavy (non-hydrogen) atoms. The van der Waals surface area contributed by atoms with Crippen molar-refractivity contribution in [1.29, 1.82) is 0 Å². The van der Waals surface area contributed by atoms with Crippen molar-refractivity contribution in [3.05, 3.63) is 17.7 Å². The number of hydrogen-bond acceptors (Lipinski definition) is 5. The van der Waals surface area contributed by atoms with Crippen molar-refractivity contribution < 1.29 is 22.6 Å². The lowest BCUT2D eigenvalue weighted by molar-refractivity contribution is 0.348. The molecule has 1 rings (SSSR count). The SMILES string of the molecule is COc1cc(OC)c(OC)cc1C#CS(C)(=O)=O. The molecule has 5 nitrogen and oxygen atoms in total. The minimum Gasteiger partial charge on any atom is -0.495 e. The number of rotatable bonds is 3. The van der Waals surface area contributed by atoms with Crippen molar-refractivity contribution in [1.82, 2.24) is 0 Å². The first-order chi connectivity index (χ1) is 8.41. The maximum absolute atomic E-state index is 11.0. The molecule has 0 spiro atoms. The molecule has 0 amide bonds. The lowest BCUT2D eigenvalue weighted by atomic mass is 10.2. The topological polar surface area (TPSA) is 61.8 Å². The Kier molecular flexibility index (Phi) is 4.45. The summed E-state index contributed by atoms with van der Waals surface area (Å²) in [6, 6.07) is 3.15. The Morgan fingerprint density at radius 3 is 1.89 bits per heavy atom. The van der Waals surface area contributed by atoms with E-state index in [1.807, 2.05) is 0 Å². The van der Waals surface area contributed by atoms with Crippen LogP contribution in [0.5, 0.6) is 17.2 Å². The molecule has 98 valence electrons. The van der Waals surface area contributed by atoms with Crippen LogP contribution in [0.1, 0.15) is 5.56 Å². The minimum atomic E-state index is -3.37. The van der Waals surface area contributed by atoms with E-state index < -0.39 is 9.84 Å². The first-order valence-corrected chi connectivity index (χ1v) is 6.83. The summed E-state index contributed by atoms with van der Waals surface area (Å²) in [4.78, 5) is 0. The van der Waals surface area contributed by atoms with Crippen molar-refractivity contribution in [2.75, 3.05) is 27.6 Å². The lowest BCUT2D eigenvalue weighted by Crippen LogP contribution is -1.95. The van der Waals surface area contributed by atoms with Gasteiger partial charge in [-0.15, -0.1) is 0 Å². The third kappa shape index (κ3) is 3.57. The van der Waals surface area contributed by atoms with Crippen molar-refractivity contribution in [3.8, 4) is 28.4 Å². The Balaban J connectivity index is 3.38. The highest BCUT2D eigenvalue weighted by Gasteiger charge is 2.10. The van der Waals surface area contributed by atoms with Gasteiger partial charge in [-0.1, -0.05) is 0 Å². The quantitative estimate of drug-likeness (QED) is 0.769. The zero-order valence-corrected chi connectivity index (χ0v) is 11.4. The van der Waals surface area contributed by atoms with Crippen LogP contribution in [0.4, 0.5) is 0 Å². The van der Waals surface area contributed by atoms with E-state index in [4.69, 9.17) is 14.2 Å². The molecule has 0 saturated heterocycles. The predicted molar refractivity (Wildman–Crippen MR) is 67.8 cm³/mol. The van der Waals surface area contributed by atoms with E-state index in [-0.39, 0.29) is 0 Å². The normalized spacial score (nSPS) is 10.2. The van der Waals surface area contributed by atoms with Crippen LogP contribution in [-0.4, -0.2) is 36.0 Å². The van der Waals surface area contributed by atoms with Crippen molar-refractivity contribution in [2.45, 2.75) is 0 Å². The molecule has 0 heterocycles. The molecule has 1 aromatic carbocycles. The summed E-state index contributed by atoms with van der Waals surface area (Å²) in [5.41, 5.74) is 0.417. The van der Waals surface area contributed by atoms with E-state index in [0.29, 0.717) is 22.8 Å². The molecular weight excluding hydrogens is 256 g/mol. The number of hydrogen-bond donors (Lipinski definition) is 0. The molecule has 0 bridgehead atoms. The van der Waals surface area contributed by atoms with Crippen LogP contribution >= 0.6 is 0 Å². The standard InChI is InChI=1S/C12H14O5S/c1-15-10-8-12(17-3)11(16-2)7-9(10)5-6-18(4,13)14/h7-8H,1-4H3. The average Bonchev–Trinajstić information content (AvgIpc) is 2.34. The molecule has 0 aliphatic rings. The van der Waals surface area contributed by atoms with Gasteiger partial charge in [0.25, 0.3) is 0 Å². The summed E-state index contributed by atoms with van der Waals surface area (Å²) in [5.74, 6) is 3.89. The molecule has 0 N–H and O–H groups in total. The molecular formula is C12H14O5S. The fourth-order valence-electron chi connectivity index (χ4n) is 1.27. The van der Waals surface area contributed by atoms with E-state index in [1.54, 1.807) is 12.1 Å². The molecule has 6 heteroatoms. The molecule has 0 atom stereocenters. The highest BCUT2D eigenvalue weighted by atomic mass is 32.2. The van der Waals surface area contributed by atoms with Crippen LogP contribution in [0.3, 0.4) is 0 Å². The third-order valence-electron chi connectivity index (χ3n) is 2.08. The van der Waals surface area contributed by atoms with Gasteiger partial charge in [-0.2, -0.15) is 0 Å². The number of methoxy groups -OCH3 is 3. The summed E-state index contributed by atoms with van der Waals surface area (Å²) in [6.45, 7) is 0. The Bertz CT molecular complexity index is 593. The van der Waals surface area contributed by atoms with Crippen LogP contribution in [0.25, 0.3) is 0 Å². The summed E-state index contributed by atoms with van der Waals surface area (Å²) in [7, 11) is 1.08. The smallest absolute Gasteiger partial charge is 0.214 e. The number of sulfone groups is 1. The predicted octanol–water partition coefficient (Wildman–Crippen LogP) is 1.07. The summed E-state index contributed by atoms with van der Waals surface area (Å²) < 4.78 is 37.4. The van der Waals surface area contributed by atoms with Crippen LogP contribution in [0.2, 0.25) is 0 Å². The first-order valence-electron chi connectivity index (χ1n) is 4.94. The van der Waals surface area contributed by atoms with Gasteiger partial charge in [0.15, 0.2) is 11.5 Å². The maximum Gasteiger partial charge on any atom is 0.214 e. The van der Waals surface area contributed by atoms with Gasteiger partial charge in [-0.3, -0.25) is 0 Å². The second-order valence-electron chi connectivity index (χ2n) is 3.41. The zero-order valence-electron chi connectivity index (χ0n) is 10.6. The fourth-order valence-corrected chi connectivity index (χ4v) is 1.57. The van der Waals surface area contributed by atoms with Gasteiger partial charge >= 0.3 is 0 Å². The van der Waals surface area contributed by atoms with Gasteiger partial charge in [0.1, 0.15) is 5.75 Å². The third-order valence-corrected chi connectivity index (χ3v) is 2.55. The first kappa shape index (κ1) is 14.2. The molecule has 0 radical (unpaired) electrons. The molecule has 0 aliphatic carbocycles. The van der Waals surface area contributed by atoms with Gasteiger partial charge in [-0.25, -0.2) is 8.42 Å². The van der Waals surface area contributed by atoms with E-state index in [0.717, 1.165) is 6.26 Å². The Hall–Kier alpha value is -1.87. The minimum absolute atomic E-state index is 0.417. The lowest BCUT2D eigenvalue weighted by Gasteiger charge is -2.10. The summed E-state index contributed by atoms with van der Waals surface area (Å²) in [6.07, 6.45) is 1.03. The van der Waals surface area contributed by atoms with E-state index in [9.17, 15) is 8.42 Å². The second-order valence-corrected chi connectivity index (χ2v) is 5.16. The van der Waals surface area contributed by atoms with Gasteiger partial charge in [0.2, 0.25) is 9.84 Å². The highest BCUT2D eigenvalue weighted by molar-refractivity contribution is 7.95. The zero-order chi connectivity index (χ0) is 13.8. The van der Waals surface area contributed by atoms with E-state index >= 15 is 0 Å². The van der Waals surface area contributed by atoms with Gasteiger partial charge in [0.05, 0.1) is 33.1 Å². The van der Waals surface area contributed by atoms with Crippen molar-refractivity contribution in [2.24, 2.45) is 0 Å². The van der Waals surface area contributed by atoms with Gasteiger partial charge < -0.3 is 14.2 Å². The van der Waals surface area contributed by atoms with Crippen LogP contribution in [0.15, 0.2) is 12.1 Å². The second kappa shape index (κ2) is 5.65. The van der Waals surface area contributed by atoms with Gasteiger partial charge in [-0.05, 0) is 5.92 Å². The Labute approximate surface area is 107 Å². The molecule has 0 unspecified atom stereocenters. The molecule has 0 fully saturated rings. The maximum atomic E-state index is 11.0. The molecule has 0 aromatic heterocycles. The molecule has 0 saturated carbocycles. The number of benzene rings is 1. The van der Waals surface area contributed by atoms with Crippen LogP contribution in [-0.2, 0) is 9.84 Å². The van der Waals surface area contributed by atoms with Gasteiger partial charge in [0, 0.05) is 17.4 Å². The van der Waals surface area contributed by atoms with Crippen molar-refractivity contribution in [3.63, 3.8) is 0 Å². The van der Waals surface area contributed by atoms with Crippen LogP contribution in [0, 0.1) is 11.2 Å². The highest BCUT2D eigenvalue weighted by Crippen LogP contribution is 2.34. The van der Waals surface area contributed by atoms with E-state index in [1.165, 1.54) is 21.3 Å². The number of ether oxygens (including phenoxy) is 3. The van der Waals surface area contributed by atoms with Crippen LogP contribution < -0.4 is 14.2 Å². The fraction of sp³-hybridized carbons (Fsp3) is 0.333. The largest absolute Gasteiger partial charge is 0.495 e. The Morgan fingerprint density at radius 1 is 0.944 bits per heavy atom. The molecule has 0 aliphatic heterocycles. The summed E-state index contributed by atoms with van der Waals surface area (Å²) in [5, 5.41) is 2.15. The monoisotopic (exact) mass is 270 g/mol. The molecule has 1 aromatic rings. The average molecular weight is 270 g/mol. The van der Waals surface area contributed by atoms with Crippen molar-refractivity contribution >= 4 is 9.84 Å². The Morgan fingerprint density at radius 2 is 1.44 bits per heavy atom. The van der Waals surface area contributed by atoms with E-state index in [2.05, 4.69) is 11.2 Å². The summed E-state index contributed by atoms with van der Waals surface area (Å²) >= 11 is 0.